The van der Waals surface area contributed by atoms with Gasteiger partial charge in [-0.25, -0.2) is 0 Å². The van der Waals surface area contributed by atoms with E-state index >= 15 is 0 Å². The van der Waals surface area contributed by atoms with Crippen molar-refractivity contribution in [3.8, 4) is 0 Å². The van der Waals surface area contributed by atoms with Crippen LogP contribution in [0.5, 0.6) is 0 Å². The van der Waals surface area contributed by atoms with Gasteiger partial charge in [0.25, 0.3) is 0 Å². The van der Waals surface area contributed by atoms with Crippen LogP contribution in [0.3, 0.4) is 0 Å². The molecular weight excluding hydrogens is 242 g/mol. The normalized spacial score (nSPS) is 29.9. The molecule has 104 valence electrons. The quantitative estimate of drug-likeness (QED) is 0.857. The molecule has 4 rings (SSSR count). The summed E-state index contributed by atoms with van der Waals surface area (Å²) in [5, 5.41) is 2.65. The molecule has 2 aliphatic rings. The highest BCUT2D eigenvalue weighted by atomic mass is 14.6. The van der Waals surface area contributed by atoms with Gasteiger partial charge in [-0.3, -0.25) is 0 Å². The first kappa shape index (κ1) is 12.4. The minimum Gasteiger partial charge on any atom is -0.324 e. The second-order valence-electron chi connectivity index (χ2n) is 6.85. The molecule has 2 aliphatic carbocycles. The number of nitrogens with two attached hydrogens (primary N) is 1. The minimum absolute atomic E-state index is 0.199. The third-order valence-electron chi connectivity index (χ3n) is 5.66. The van der Waals surface area contributed by atoms with Crippen LogP contribution < -0.4 is 5.73 Å². The Morgan fingerprint density at radius 3 is 2.65 bits per heavy atom. The lowest BCUT2D eigenvalue weighted by atomic mass is 9.82. The molecule has 0 radical (unpaired) electrons. The van der Waals surface area contributed by atoms with E-state index in [9.17, 15) is 0 Å². The third-order valence-corrected chi connectivity index (χ3v) is 5.66. The molecule has 1 nitrogen and oxygen atoms in total. The van der Waals surface area contributed by atoms with Crippen LogP contribution in [-0.2, 0) is 0 Å². The first-order chi connectivity index (χ1) is 9.81. The van der Waals surface area contributed by atoms with E-state index in [0.717, 1.165) is 17.8 Å². The molecule has 2 N–H and O–H groups in total. The average Bonchev–Trinajstić information content (AvgIpc) is 3.09. The van der Waals surface area contributed by atoms with Crippen LogP contribution in [-0.4, -0.2) is 0 Å². The van der Waals surface area contributed by atoms with Crippen molar-refractivity contribution in [2.45, 2.75) is 38.1 Å². The Labute approximate surface area is 121 Å². The van der Waals surface area contributed by atoms with Crippen molar-refractivity contribution < 1.29 is 0 Å². The van der Waals surface area contributed by atoms with Crippen LogP contribution in [0.15, 0.2) is 42.5 Å². The molecule has 4 unspecified atom stereocenters. The molecule has 0 amide bonds. The maximum atomic E-state index is 6.57. The van der Waals surface area contributed by atoms with Gasteiger partial charge in [0, 0.05) is 6.04 Å². The Hall–Kier alpha value is -1.34. The number of hydrogen-bond donors (Lipinski definition) is 1. The van der Waals surface area contributed by atoms with Gasteiger partial charge in [0.15, 0.2) is 0 Å². The highest BCUT2D eigenvalue weighted by Gasteiger charge is 2.39. The average molecular weight is 265 g/mol. The third kappa shape index (κ3) is 2.05. The smallest absolute Gasteiger partial charge is 0.0303 e. The molecule has 2 saturated carbocycles. The van der Waals surface area contributed by atoms with Gasteiger partial charge in [0.2, 0.25) is 0 Å². The minimum atomic E-state index is 0.199. The summed E-state index contributed by atoms with van der Waals surface area (Å²) in [5.41, 5.74) is 7.91. The van der Waals surface area contributed by atoms with Crippen LogP contribution in [0.2, 0.25) is 0 Å². The van der Waals surface area contributed by atoms with Crippen LogP contribution in [0.1, 0.15) is 43.7 Å². The van der Waals surface area contributed by atoms with Gasteiger partial charge >= 0.3 is 0 Å². The van der Waals surface area contributed by atoms with Gasteiger partial charge in [0.1, 0.15) is 0 Å². The SMILES string of the molecule is NC(CC1CC2CCC1C2)c1cccc2ccccc12. The van der Waals surface area contributed by atoms with Crippen LogP contribution in [0.4, 0.5) is 0 Å². The van der Waals surface area contributed by atoms with Crippen molar-refractivity contribution >= 4 is 10.8 Å². The lowest BCUT2D eigenvalue weighted by molar-refractivity contribution is 0.296. The highest BCUT2D eigenvalue weighted by molar-refractivity contribution is 5.86. The molecule has 0 aliphatic heterocycles. The summed E-state index contributed by atoms with van der Waals surface area (Å²) in [7, 11) is 0. The molecule has 1 heteroatoms. The van der Waals surface area contributed by atoms with E-state index in [0.29, 0.717) is 0 Å². The second kappa shape index (κ2) is 4.89. The van der Waals surface area contributed by atoms with Gasteiger partial charge in [0.05, 0.1) is 0 Å². The van der Waals surface area contributed by atoms with Gasteiger partial charge < -0.3 is 5.73 Å². The molecule has 2 fully saturated rings. The number of fused-ring (bicyclic) bond motifs is 3. The maximum Gasteiger partial charge on any atom is 0.0303 e. The van der Waals surface area contributed by atoms with Gasteiger partial charge in [-0.2, -0.15) is 0 Å². The molecule has 20 heavy (non-hydrogen) atoms. The number of rotatable bonds is 3. The zero-order chi connectivity index (χ0) is 13.5. The fourth-order valence-electron chi connectivity index (χ4n) is 4.69. The van der Waals surface area contributed by atoms with Crippen molar-refractivity contribution in [3.63, 3.8) is 0 Å². The van der Waals surface area contributed by atoms with Crippen LogP contribution in [0.25, 0.3) is 10.8 Å². The molecule has 2 aromatic rings. The largest absolute Gasteiger partial charge is 0.324 e. The summed E-state index contributed by atoms with van der Waals surface area (Å²) < 4.78 is 0. The van der Waals surface area contributed by atoms with E-state index in [1.807, 2.05) is 0 Å². The molecule has 0 aromatic heterocycles. The summed E-state index contributed by atoms with van der Waals surface area (Å²) in [5.74, 6) is 2.87. The predicted molar refractivity (Wildman–Crippen MR) is 84.4 cm³/mol. The van der Waals surface area contributed by atoms with E-state index in [2.05, 4.69) is 42.5 Å². The van der Waals surface area contributed by atoms with Crippen LogP contribution in [0, 0.1) is 17.8 Å². The summed E-state index contributed by atoms with van der Waals surface area (Å²) in [6.07, 6.45) is 7.02. The highest BCUT2D eigenvalue weighted by Crippen LogP contribution is 2.50. The summed E-state index contributed by atoms with van der Waals surface area (Å²) >= 11 is 0. The fraction of sp³-hybridized carbons (Fsp3) is 0.474. The van der Waals surface area contributed by atoms with Crippen molar-refractivity contribution in [1.82, 2.24) is 0 Å². The lowest BCUT2D eigenvalue weighted by Gasteiger charge is -2.25. The Morgan fingerprint density at radius 1 is 1.00 bits per heavy atom. The predicted octanol–water partition coefficient (Wildman–Crippen LogP) is 4.67. The number of hydrogen-bond acceptors (Lipinski definition) is 1. The number of benzene rings is 2. The fourth-order valence-corrected chi connectivity index (χ4v) is 4.69. The monoisotopic (exact) mass is 265 g/mol. The van der Waals surface area contributed by atoms with Crippen molar-refractivity contribution in [2.24, 2.45) is 23.5 Å². The Kier molecular flexibility index (Phi) is 3.03. The second-order valence-corrected chi connectivity index (χ2v) is 6.85. The maximum absolute atomic E-state index is 6.57. The molecule has 2 bridgehead atoms. The van der Waals surface area contributed by atoms with E-state index in [1.54, 1.807) is 0 Å². The summed E-state index contributed by atoms with van der Waals surface area (Å²) in [4.78, 5) is 0. The Balaban J connectivity index is 1.59. The molecule has 0 saturated heterocycles. The molecular formula is C19H23N. The Morgan fingerprint density at radius 2 is 1.85 bits per heavy atom. The van der Waals surface area contributed by atoms with E-state index < -0.39 is 0 Å². The van der Waals surface area contributed by atoms with Crippen molar-refractivity contribution in [3.05, 3.63) is 48.0 Å². The van der Waals surface area contributed by atoms with Crippen molar-refractivity contribution in [2.75, 3.05) is 0 Å². The van der Waals surface area contributed by atoms with Gasteiger partial charge in [-0.05, 0) is 59.8 Å². The first-order valence-electron chi connectivity index (χ1n) is 8.04. The van der Waals surface area contributed by atoms with Crippen molar-refractivity contribution in [1.29, 1.82) is 0 Å². The first-order valence-corrected chi connectivity index (χ1v) is 8.04. The van der Waals surface area contributed by atoms with E-state index in [-0.39, 0.29) is 6.04 Å². The van der Waals surface area contributed by atoms with E-state index in [4.69, 9.17) is 5.73 Å². The van der Waals surface area contributed by atoms with Crippen LogP contribution >= 0.6 is 0 Å². The van der Waals surface area contributed by atoms with Gasteiger partial charge in [-0.15, -0.1) is 0 Å². The summed E-state index contributed by atoms with van der Waals surface area (Å²) in [6.45, 7) is 0. The Bertz CT molecular complexity index is 613. The molecule has 0 spiro atoms. The topological polar surface area (TPSA) is 26.0 Å². The molecule has 4 atom stereocenters. The molecule has 2 aromatic carbocycles. The molecule has 0 heterocycles. The zero-order valence-corrected chi connectivity index (χ0v) is 12.0. The van der Waals surface area contributed by atoms with Gasteiger partial charge in [-0.1, -0.05) is 48.9 Å². The lowest BCUT2D eigenvalue weighted by Crippen LogP contribution is -2.19. The zero-order valence-electron chi connectivity index (χ0n) is 12.0. The van der Waals surface area contributed by atoms with E-state index in [1.165, 1.54) is 48.4 Å². The standard InChI is InChI=1S/C19H23N/c20-19(12-16-11-13-8-9-15(16)10-13)18-7-3-5-14-4-1-2-6-17(14)18/h1-7,13,15-16,19H,8-12,20H2. The summed E-state index contributed by atoms with van der Waals surface area (Å²) in [6, 6.07) is 15.4.